The van der Waals surface area contributed by atoms with Gasteiger partial charge >= 0.3 is 0 Å². The number of carbonyl (C=O) groups is 2. The highest BCUT2D eigenvalue weighted by atomic mass is 16.4. The Labute approximate surface area is 280 Å². The van der Waals surface area contributed by atoms with E-state index >= 15 is 0 Å². The Hall–Kier alpha value is -0.900. The largest absolute Gasteiger partial charge is 0.387 e. The van der Waals surface area contributed by atoms with E-state index in [2.05, 4.69) is 13.8 Å². The van der Waals surface area contributed by atoms with E-state index in [0.717, 1.165) is 38.5 Å². The summed E-state index contributed by atoms with van der Waals surface area (Å²) in [6.07, 6.45) is 19.4. The quantitative estimate of drug-likeness (QED) is 0.0451. The molecule has 0 spiro atoms. The normalized spacial score (nSPS) is 26.4. The van der Waals surface area contributed by atoms with Gasteiger partial charge in [-0.05, 0) is 12.8 Å². The average molecular weight is 657 g/mol. The molecule has 1 rings (SSSR count). The predicted molar refractivity (Wildman–Crippen MR) is 185 cm³/mol. The minimum absolute atomic E-state index is 0.227. The molecule has 1 saturated carbocycles. The Balaban J connectivity index is 2.48. The van der Waals surface area contributed by atoms with Gasteiger partial charge in [0, 0.05) is 12.8 Å². The second-order valence-corrected chi connectivity index (χ2v) is 14.2. The number of aliphatic hydroxyl groups is 6. The van der Waals surface area contributed by atoms with Crippen LogP contribution in [0.4, 0.5) is 0 Å². The molecular weight excluding hydrogens is 584 g/mol. The zero-order chi connectivity index (χ0) is 34.3. The van der Waals surface area contributed by atoms with Crippen molar-refractivity contribution < 1.29 is 40.2 Å². The number of ketones is 2. The lowest BCUT2D eigenvalue weighted by molar-refractivity contribution is -0.290. The van der Waals surface area contributed by atoms with Gasteiger partial charge in [0.1, 0.15) is 24.4 Å². The molecule has 6 atom stereocenters. The van der Waals surface area contributed by atoms with Gasteiger partial charge in [0.25, 0.3) is 0 Å². The Morgan fingerprint density at radius 1 is 0.391 bits per heavy atom. The second kappa shape index (κ2) is 25.1. The summed E-state index contributed by atoms with van der Waals surface area (Å²) in [5.74, 6) is -2.01. The topological polar surface area (TPSA) is 156 Å². The average Bonchev–Trinajstić information content (AvgIpc) is 3.05. The van der Waals surface area contributed by atoms with Crippen molar-refractivity contribution in [1.29, 1.82) is 0 Å². The summed E-state index contributed by atoms with van der Waals surface area (Å²) in [6.45, 7) is 4.44. The maximum Gasteiger partial charge on any atom is 0.190 e. The summed E-state index contributed by atoms with van der Waals surface area (Å²) < 4.78 is 0. The zero-order valence-corrected chi connectivity index (χ0v) is 29.6. The van der Waals surface area contributed by atoms with Crippen molar-refractivity contribution in [3.05, 3.63) is 0 Å². The molecule has 0 aliphatic heterocycles. The Morgan fingerprint density at radius 3 is 0.804 bits per heavy atom. The van der Waals surface area contributed by atoms with Gasteiger partial charge in [-0.2, -0.15) is 0 Å². The van der Waals surface area contributed by atoms with Crippen LogP contribution in [0.3, 0.4) is 0 Å². The summed E-state index contributed by atoms with van der Waals surface area (Å²) in [7, 11) is 0. The molecule has 0 heterocycles. The SMILES string of the molecule is CCCCCCCCCCCCCCCC(=O)C1(O)C(O)C(O)C(O)C(O)C1(O)C(=O)CCCCCCCCCCCCCCC. The third kappa shape index (κ3) is 13.9. The molecule has 272 valence electrons. The van der Waals surface area contributed by atoms with Crippen molar-refractivity contribution in [3.8, 4) is 0 Å². The molecule has 6 N–H and O–H groups in total. The molecule has 0 amide bonds. The van der Waals surface area contributed by atoms with Crippen molar-refractivity contribution in [2.75, 3.05) is 0 Å². The van der Waals surface area contributed by atoms with Crippen molar-refractivity contribution in [2.24, 2.45) is 0 Å². The Morgan fingerprint density at radius 2 is 0.587 bits per heavy atom. The number of hydrogen-bond donors (Lipinski definition) is 6. The molecule has 0 radical (unpaired) electrons. The summed E-state index contributed by atoms with van der Waals surface area (Å²) >= 11 is 0. The van der Waals surface area contributed by atoms with Gasteiger partial charge in [-0.1, -0.05) is 168 Å². The fraction of sp³-hybridized carbons (Fsp3) is 0.947. The fourth-order valence-electron chi connectivity index (χ4n) is 7.06. The highest BCUT2D eigenvalue weighted by Gasteiger charge is 2.72. The van der Waals surface area contributed by atoms with Crippen LogP contribution in [0.2, 0.25) is 0 Å². The van der Waals surface area contributed by atoms with E-state index in [4.69, 9.17) is 0 Å². The van der Waals surface area contributed by atoms with Crippen LogP contribution in [-0.2, 0) is 9.59 Å². The highest BCUT2D eigenvalue weighted by molar-refractivity contribution is 6.00. The van der Waals surface area contributed by atoms with Crippen LogP contribution in [0.25, 0.3) is 0 Å². The van der Waals surface area contributed by atoms with Crippen LogP contribution in [-0.4, -0.2) is 77.8 Å². The van der Waals surface area contributed by atoms with E-state index in [1.807, 2.05) is 0 Å². The zero-order valence-electron chi connectivity index (χ0n) is 29.6. The van der Waals surface area contributed by atoms with Crippen LogP contribution in [0.5, 0.6) is 0 Å². The summed E-state index contributed by atoms with van der Waals surface area (Å²) in [4.78, 5) is 26.6. The molecule has 1 aliphatic rings. The lowest BCUT2D eigenvalue weighted by atomic mass is 9.61. The molecular formula is C38H72O8. The highest BCUT2D eigenvalue weighted by Crippen LogP contribution is 2.42. The molecule has 46 heavy (non-hydrogen) atoms. The predicted octanol–water partition coefficient (Wildman–Crippen LogP) is 7.01. The number of hydrogen-bond acceptors (Lipinski definition) is 8. The Kier molecular flexibility index (Phi) is 23.6. The van der Waals surface area contributed by atoms with Crippen LogP contribution >= 0.6 is 0 Å². The lowest BCUT2D eigenvalue weighted by Crippen LogP contribution is -2.82. The third-order valence-electron chi connectivity index (χ3n) is 10.3. The molecule has 0 bridgehead atoms. The number of rotatable bonds is 30. The lowest BCUT2D eigenvalue weighted by Gasteiger charge is -2.53. The van der Waals surface area contributed by atoms with Crippen molar-refractivity contribution in [1.82, 2.24) is 0 Å². The molecule has 0 aromatic rings. The summed E-state index contributed by atoms with van der Waals surface area (Å²) in [5, 5.41) is 65.0. The maximum absolute atomic E-state index is 13.3. The van der Waals surface area contributed by atoms with Gasteiger partial charge in [0.15, 0.2) is 22.8 Å². The molecule has 1 aliphatic carbocycles. The fourth-order valence-corrected chi connectivity index (χ4v) is 7.06. The van der Waals surface area contributed by atoms with Crippen LogP contribution in [0.15, 0.2) is 0 Å². The molecule has 1 fully saturated rings. The number of aliphatic hydroxyl groups excluding tert-OH is 4. The van der Waals surface area contributed by atoms with Crippen LogP contribution in [0, 0.1) is 0 Å². The first-order valence-electron chi connectivity index (χ1n) is 19.3. The van der Waals surface area contributed by atoms with E-state index in [1.54, 1.807) is 0 Å². The van der Waals surface area contributed by atoms with Gasteiger partial charge in [0.2, 0.25) is 0 Å². The third-order valence-corrected chi connectivity index (χ3v) is 10.3. The smallest absolute Gasteiger partial charge is 0.190 e. The minimum atomic E-state index is -3.12. The standard InChI is InChI=1S/C38H72O8/c1-3-5-7-9-11-13-15-17-19-21-23-25-27-29-31(39)37(45)35(43)33(41)34(42)36(44)38(37,46)32(40)30-28-26-24-22-20-18-16-14-12-10-8-6-4-2/h33-36,41-46H,3-30H2,1-2H3. The molecule has 0 aromatic carbocycles. The number of carbonyl (C=O) groups excluding carboxylic acids is 2. The van der Waals surface area contributed by atoms with E-state index in [-0.39, 0.29) is 12.8 Å². The van der Waals surface area contributed by atoms with Gasteiger partial charge in [-0.25, -0.2) is 0 Å². The Bertz CT molecular complexity index is 727. The van der Waals surface area contributed by atoms with Crippen LogP contribution < -0.4 is 0 Å². The first-order valence-corrected chi connectivity index (χ1v) is 19.3. The first kappa shape index (κ1) is 43.1. The van der Waals surface area contributed by atoms with Gasteiger partial charge < -0.3 is 30.6 Å². The summed E-state index contributed by atoms with van der Waals surface area (Å²) in [6, 6.07) is 0. The molecule has 8 nitrogen and oxygen atoms in total. The minimum Gasteiger partial charge on any atom is -0.387 e. The number of unbranched alkanes of at least 4 members (excludes halogenated alkanes) is 24. The molecule has 6 unspecified atom stereocenters. The summed E-state index contributed by atoms with van der Waals surface area (Å²) in [5.41, 5.74) is -6.23. The molecule has 0 saturated heterocycles. The van der Waals surface area contributed by atoms with Crippen molar-refractivity contribution in [3.63, 3.8) is 0 Å². The number of Topliss-reactive ketones (excluding diaryl/α,β-unsaturated/α-hetero) is 2. The maximum atomic E-state index is 13.3. The van der Waals surface area contributed by atoms with Crippen molar-refractivity contribution >= 4 is 11.6 Å². The molecule has 0 aromatic heterocycles. The molecule has 8 heteroatoms. The van der Waals surface area contributed by atoms with Crippen molar-refractivity contribution in [2.45, 2.75) is 229 Å². The first-order chi connectivity index (χ1) is 22.1. The second-order valence-electron chi connectivity index (χ2n) is 14.2. The van der Waals surface area contributed by atoms with Crippen LogP contribution in [0.1, 0.15) is 194 Å². The van der Waals surface area contributed by atoms with E-state index < -0.39 is 47.2 Å². The van der Waals surface area contributed by atoms with E-state index in [1.165, 1.54) is 103 Å². The monoisotopic (exact) mass is 657 g/mol. The van der Waals surface area contributed by atoms with E-state index in [9.17, 15) is 40.2 Å². The van der Waals surface area contributed by atoms with E-state index in [0.29, 0.717) is 25.7 Å². The van der Waals surface area contributed by atoms with Gasteiger partial charge in [0.05, 0.1) is 0 Å². The van der Waals surface area contributed by atoms with Gasteiger partial charge in [-0.3, -0.25) is 9.59 Å². The van der Waals surface area contributed by atoms with Gasteiger partial charge in [-0.15, -0.1) is 0 Å².